The molecule has 0 aromatic rings. The van der Waals surface area contributed by atoms with Crippen molar-refractivity contribution in [3.63, 3.8) is 0 Å². The molecule has 1 heterocycles. The Morgan fingerprint density at radius 1 is 1.33 bits per heavy atom. The standard InChI is InChI=1S/C13H16O5/c1-7-10(13(15)17-3)11-8(12(14)16-2)5-4-6-9(11)18-7/h6,8,11H,4-5H2,1-3H3. The van der Waals surface area contributed by atoms with Gasteiger partial charge in [-0.15, -0.1) is 0 Å². The maximum absolute atomic E-state index is 11.8. The number of carbonyl (C=O) groups is 2. The molecule has 0 saturated carbocycles. The summed E-state index contributed by atoms with van der Waals surface area (Å²) in [7, 11) is 2.67. The summed E-state index contributed by atoms with van der Waals surface area (Å²) >= 11 is 0. The molecule has 0 saturated heterocycles. The van der Waals surface area contributed by atoms with Gasteiger partial charge in [0.2, 0.25) is 0 Å². The summed E-state index contributed by atoms with van der Waals surface area (Å²) < 4.78 is 15.1. The molecule has 1 aliphatic carbocycles. The van der Waals surface area contributed by atoms with Crippen LogP contribution in [0.15, 0.2) is 23.2 Å². The molecule has 1 aliphatic heterocycles. The number of rotatable bonds is 2. The Labute approximate surface area is 105 Å². The van der Waals surface area contributed by atoms with Crippen LogP contribution in [0.3, 0.4) is 0 Å². The largest absolute Gasteiger partial charge is 0.469 e. The molecule has 0 N–H and O–H groups in total. The van der Waals surface area contributed by atoms with Crippen molar-refractivity contribution in [1.82, 2.24) is 0 Å². The van der Waals surface area contributed by atoms with E-state index in [4.69, 9.17) is 14.2 Å². The number of ether oxygens (including phenoxy) is 3. The van der Waals surface area contributed by atoms with E-state index in [1.807, 2.05) is 6.08 Å². The zero-order chi connectivity index (χ0) is 13.3. The van der Waals surface area contributed by atoms with Crippen LogP contribution in [-0.4, -0.2) is 26.2 Å². The number of fused-ring (bicyclic) bond motifs is 1. The average Bonchev–Trinajstić information content (AvgIpc) is 2.72. The van der Waals surface area contributed by atoms with E-state index in [1.165, 1.54) is 14.2 Å². The summed E-state index contributed by atoms with van der Waals surface area (Å²) in [5, 5.41) is 0. The summed E-state index contributed by atoms with van der Waals surface area (Å²) in [5.41, 5.74) is 0.429. The van der Waals surface area contributed by atoms with Gasteiger partial charge in [0, 0.05) is 0 Å². The lowest BCUT2D eigenvalue weighted by atomic mass is 9.78. The van der Waals surface area contributed by atoms with E-state index in [0.29, 0.717) is 23.5 Å². The molecule has 2 atom stereocenters. The predicted octanol–water partition coefficient (Wildman–Crippen LogP) is 1.55. The highest BCUT2D eigenvalue weighted by molar-refractivity contribution is 5.92. The fourth-order valence-corrected chi connectivity index (χ4v) is 2.58. The van der Waals surface area contributed by atoms with E-state index >= 15 is 0 Å². The number of carbonyl (C=O) groups excluding carboxylic acids is 2. The first-order valence-electron chi connectivity index (χ1n) is 5.85. The van der Waals surface area contributed by atoms with E-state index in [0.717, 1.165) is 6.42 Å². The van der Waals surface area contributed by atoms with Gasteiger partial charge in [-0.2, -0.15) is 0 Å². The molecular formula is C13H16O5. The Balaban J connectivity index is 2.38. The van der Waals surface area contributed by atoms with Gasteiger partial charge in [-0.05, 0) is 25.8 Å². The molecular weight excluding hydrogens is 236 g/mol. The second kappa shape index (κ2) is 4.84. The smallest absolute Gasteiger partial charge is 0.337 e. The molecule has 0 aromatic carbocycles. The topological polar surface area (TPSA) is 61.8 Å². The molecule has 98 valence electrons. The van der Waals surface area contributed by atoms with Crippen LogP contribution >= 0.6 is 0 Å². The maximum Gasteiger partial charge on any atom is 0.337 e. The quantitative estimate of drug-likeness (QED) is 0.698. The van der Waals surface area contributed by atoms with Gasteiger partial charge in [-0.25, -0.2) is 4.79 Å². The van der Waals surface area contributed by atoms with Crippen molar-refractivity contribution in [3.05, 3.63) is 23.2 Å². The van der Waals surface area contributed by atoms with E-state index < -0.39 is 5.97 Å². The second-order valence-corrected chi connectivity index (χ2v) is 4.35. The molecule has 2 aliphatic rings. The Kier molecular flexibility index (Phi) is 3.41. The van der Waals surface area contributed by atoms with Crippen LogP contribution in [0.1, 0.15) is 19.8 Å². The van der Waals surface area contributed by atoms with Gasteiger partial charge < -0.3 is 14.2 Å². The van der Waals surface area contributed by atoms with Gasteiger partial charge in [-0.3, -0.25) is 4.79 Å². The lowest BCUT2D eigenvalue weighted by molar-refractivity contribution is -0.147. The second-order valence-electron chi connectivity index (χ2n) is 4.35. The van der Waals surface area contributed by atoms with Gasteiger partial charge in [0.05, 0.1) is 31.6 Å². The van der Waals surface area contributed by atoms with Crippen molar-refractivity contribution in [3.8, 4) is 0 Å². The first kappa shape index (κ1) is 12.7. The van der Waals surface area contributed by atoms with E-state index in [2.05, 4.69) is 0 Å². The minimum absolute atomic E-state index is 0.315. The number of allylic oxidation sites excluding steroid dienone is 3. The Hall–Kier alpha value is -1.78. The number of esters is 2. The first-order valence-corrected chi connectivity index (χ1v) is 5.85. The van der Waals surface area contributed by atoms with Crippen molar-refractivity contribution >= 4 is 11.9 Å². The van der Waals surface area contributed by atoms with Crippen molar-refractivity contribution in [2.45, 2.75) is 19.8 Å². The lowest BCUT2D eigenvalue weighted by Gasteiger charge is -2.25. The molecule has 0 radical (unpaired) electrons. The molecule has 0 aromatic heterocycles. The summed E-state index contributed by atoms with van der Waals surface area (Å²) in [5.74, 6) is -0.328. The summed E-state index contributed by atoms with van der Waals surface area (Å²) in [6, 6.07) is 0. The summed E-state index contributed by atoms with van der Waals surface area (Å²) in [6.45, 7) is 1.71. The number of hydrogen-bond donors (Lipinski definition) is 0. The third-order valence-corrected chi connectivity index (χ3v) is 3.40. The summed E-state index contributed by atoms with van der Waals surface area (Å²) in [4.78, 5) is 23.6. The monoisotopic (exact) mass is 252 g/mol. The van der Waals surface area contributed by atoms with Gasteiger partial charge in [0.1, 0.15) is 11.5 Å². The zero-order valence-corrected chi connectivity index (χ0v) is 10.7. The van der Waals surface area contributed by atoms with E-state index in [9.17, 15) is 9.59 Å². The fraction of sp³-hybridized carbons (Fsp3) is 0.538. The lowest BCUT2D eigenvalue weighted by Crippen LogP contribution is -2.30. The molecule has 2 unspecified atom stereocenters. The van der Waals surface area contributed by atoms with Crippen LogP contribution in [0.4, 0.5) is 0 Å². The molecule has 5 heteroatoms. The minimum Gasteiger partial charge on any atom is -0.469 e. The van der Waals surface area contributed by atoms with Crippen LogP contribution in [0, 0.1) is 11.8 Å². The molecule has 5 nitrogen and oxygen atoms in total. The molecule has 0 spiro atoms. The normalized spacial score (nSPS) is 26.1. The number of hydrogen-bond acceptors (Lipinski definition) is 5. The van der Waals surface area contributed by atoms with Crippen molar-refractivity contribution < 1.29 is 23.8 Å². The van der Waals surface area contributed by atoms with Crippen molar-refractivity contribution in [2.75, 3.05) is 14.2 Å². The molecule has 0 bridgehead atoms. The van der Waals surface area contributed by atoms with Crippen LogP contribution in [0.2, 0.25) is 0 Å². The predicted molar refractivity (Wildman–Crippen MR) is 62.1 cm³/mol. The number of methoxy groups -OCH3 is 2. The fourth-order valence-electron chi connectivity index (χ4n) is 2.58. The third-order valence-electron chi connectivity index (χ3n) is 3.40. The first-order chi connectivity index (χ1) is 8.60. The SMILES string of the molecule is COC(=O)C1=C(C)OC2=CCCC(C(=O)OC)C21. The zero-order valence-electron chi connectivity index (χ0n) is 10.7. The molecule has 2 rings (SSSR count). The maximum atomic E-state index is 11.8. The van der Waals surface area contributed by atoms with Gasteiger partial charge >= 0.3 is 11.9 Å². The molecule has 0 fully saturated rings. The third kappa shape index (κ3) is 1.89. The average molecular weight is 252 g/mol. The van der Waals surface area contributed by atoms with Gasteiger partial charge in [0.15, 0.2) is 0 Å². The summed E-state index contributed by atoms with van der Waals surface area (Å²) in [6.07, 6.45) is 3.31. The minimum atomic E-state index is -0.447. The Bertz CT molecular complexity index is 446. The van der Waals surface area contributed by atoms with E-state index in [-0.39, 0.29) is 17.8 Å². The van der Waals surface area contributed by atoms with Crippen molar-refractivity contribution in [1.29, 1.82) is 0 Å². The van der Waals surface area contributed by atoms with Crippen LogP contribution < -0.4 is 0 Å². The van der Waals surface area contributed by atoms with Crippen molar-refractivity contribution in [2.24, 2.45) is 11.8 Å². The highest BCUT2D eigenvalue weighted by Crippen LogP contribution is 2.44. The highest BCUT2D eigenvalue weighted by atomic mass is 16.5. The molecule has 0 amide bonds. The Morgan fingerprint density at radius 3 is 2.67 bits per heavy atom. The molecule has 18 heavy (non-hydrogen) atoms. The van der Waals surface area contributed by atoms with Crippen LogP contribution in [0.5, 0.6) is 0 Å². The Morgan fingerprint density at radius 2 is 2.06 bits per heavy atom. The van der Waals surface area contributed by atoms with E-state index in [1.54, 1.807) is 6.92 Å². The van der Waals surface area contributed by atoms with Crippen LogP contribution in [-0.2, 0) is 23.8 Å². The highest BCUT2D eigenvalue weighted by Gasteiger charge is 2.45. The van der Waals surface area contributed by atoms with Gasteiger partial charge in [0.25, 0.3) is 0 Å². The van der Waals surface area contributed by atoms with Crippen LogP contribution in [0.25, 0.3) is 0 Å². The van der Waals surface area contributed by atoms with Gasteiger partial charge in [-0.1, -0.05) is 0 Å².